The van der Waals surface area contributed by atoms with E-state index in [-0.39, 0.29) is 6.10 Å². The van der Waals surface area contributed by atoms with Crippen LogP contribution in [0.5, 0.6) is 0 Å². The van der Waals surface area contributed by atoms with Crippen molar-refractivity contribution in [3.63, 3.8) is 0 Å². The van der Waals surface area contributed by atoms with Crippen molar-refractivity contribution >= 4 is 12.4 Å². The van der Waals surface area contributed by atoms with Gasteiger partial charge in [0.25, 0.3) is 6.47 Å². The summed E-state index contributed by atoms with van der Waals surface area (Å²) in [5.41, 5.74) is 0. The van der Waals surface area contributed by atoms with Gasteiger partial charge in [-0.1, -0.05) is 58.3 Å². The van der Waals surface area contributed by atoms with E-state index >= 15 is 0 Å². The highest BCUT2D eigenvalue weighted by molar-refractivity contribution is 5.80. The first-order chi connectivity index (χ1) is 10.7. The van der Waals surface area contributed by atoms with Crippen molar-refractivity contribution in [2.24, 2.45) is 0 Å². The minimum Gasteiger partial charge on any atom is -0.464 e. The standard InChI is InChI=1S/C17H30O5/c1-2-3-4-5-6-7-8-9-10-11-14(21-13-18)12-15-16(19)17(20)22-15/h13-16,19H,2-12H2,1H3/t14-,15-,16-/m0/s1. The Morgan fingerprint density at radius 2 is 1.73 bits per heavy atom. The third-order valence-corrected chi connectivity index (χ3v) is 4.23. The summed E-state index contributed by atoms with van der Waals surface area (Å²) in [4.78, 5) is 21.3. The van der Waals surface area contributed by atoms with Crippen LogP contribution in [-0.4, -0.2) is 35.9 Å². The van der Waals surface area contributed by atoms with Crippen LogP contribution < -0.4 is 0 Å². The lowest BCUT2D eigenvalue weighted by atomic mass is 9.98. The molecule has 1 fully saturated rings. The number of esters is 1. The lowest BCUT2D eigenvalue weighted by molar-refractivity contribution is -0.201. The molecule has 5 nitrogen and oxygen atoms in total. The topological polar surface area (TPSA) is 72.8 Å². The first kappa shape index (κ1) is 18.9. The Bertz CT molecular complexity index is 318. The highest BCUT2D eigenvalue weighted by atomic mass is 16.6. The average molecular weight is 314 g/mol. The largest absolute Gasteiger partial charge is 0.464 e. The summed E-state index contributed by atoms with van der Waals surface area (Å²) in [5, 5.41) is 9.41. The number of cyclic esters (lactones) is 1. The molecular weight excluding hydrogens is 284 g/mol. The van der Waals surface area contributed by atoms with Crippen LogP contribution in [0.2, 0.25) is 0 Å². The van der Waals surface area contributed by atoms with E-state index in [0.717, 1.165) is 19.3 Å². The van der Waals surface area contributed by atoms with Crippen LogP contribution in [-0.2, 0) is 19.1 Å². The predicted octanol–water partition coefficient (Wildman–Crippen LogP) is 3.13. The van der Waals surface area contributed by atoms with Gasteiger partial charge in [-0.2, -0.15) is 0 Å². The molecule has 0 aromatic rings. The Kier molecular flexibility index (Phi) is 9.87. The molecule has 0 spiro atoms. The van der Waals surface area contributed by atoms with Gasteiger partial charge in [-0.25, -0.2) is 4.79 Å². The second-order valence-corrected chi connectivity index (χ2v) is 6.13. The molecule has 0 unspecified atom stereocenters. The molecule has 0 aliphatic carbocycles. The van der Waals surface area contributed by atoms with Crippen molar-refractivity contribution in [3.05, 3.63) is 0 Å². The molecule has 3 atom stereocenters. The summed E-state index contributed by atoms with van der Waals surface area (Å²) >= 11 is 0. The smallest absolute Gasteiger partial charge is 0.339 e. The van der Waals surface area contributed by atoms with Crippen LogP contribution >= 0.6 is 0 Å². The van der Waals surface area contributed by atoms with Gasteiger partial charge in [0.05, 0.1) is 0 Å². The number of aliphatic hydroxyl groups excluding tert-OH is 1. The number of carbonyl (C=O) groups is 2. The van der Waals surface area contributed by atoms with Gasteiger partial charge in [0.15, 0.2) is 6.10 Å². The number of carbonyl (C=O) groups excluding carboxylic acids is 2. The van der Waals surface area contributed by atoms with Crippen molar-refractivity contribution < 1.29 is 24.2 Å². The maximum atomic E-state index is 10.8. The maximum Gasteiger partial charge on any atom is 0.339 e. The van der Waals surface area contributed by atoms with Gasteiger partial charge in [-0.3, -0.25) is 4.79 Å². The van der Waals surface area contributed by atoms with E-state index in [4.69, 9.17) is 9.47 Å². The zero-order chi connectivity index (χ0) is 16.2. The molecule has 0 saturated carbocycles. The molecule has 0 aromatic heterocycles. The first-order valence-corrected chi connectivity index (χ1v) is 8.66. The van der Waals surface area contributed by atoms with Crippen molar-refractivity contribution in [2.75, 3.05) is 0 Å². The predicted molar refractivity (Wildman–Crippen MR) is 83.3 cm³/mol. The summed E-state index contributed by atoms with van der Waals surface area (Å²) in [5.74, 6) is -0.585. The van der Waals surface area contributed by atoms with E-state index in [1.54, 1.807) is 0 Å². The number of aliphatic hydroxyl groups is 1. The quantitative estimate of drug-likeness (QED) is 0.303. The normalized spacial score (nSPS) is 21.8. The van der Waals surface area contributed by atoms with E-state index in [9.17, 15) is 14.7 Å². The number of ether oxygens (including phenoxy) is 2. The fourth-order valence-corrected chi connectivity index (χ4v) is 2.80. The van der Waals surface area contributed by atoms with Gasteiger partial charge in [0.2, 0.25) is 0 Å². The Morgan fingerprint density at radius 1 is 1.14 bits per heavy atom. The second-order valence-electron chi connectivity index (χ2n) is 6.13. The Balaban J connectivity index is 2.02. The van der Waals surface area contributed by atoms with Crippen molar-refractivity contribution in [1.82, 2.24) is 0 Å². The first-order valence-electron chi connectivity index (χ1n) is 8.66. The van der Waals surface area contributed by atoms with Crippen LogP contribution in [0, 0.1) is 0 Å². The number of hydrogen-bond donors (Lipinski definition) is 1. The highest BCUT2D eigenvalue weighted by Crippen LogP contribution is 2.23. The lowest BCUT2D eigenvalue weighted by Crippen LogP contribution is -2.51. The van der Waals surface area contributed by atoms with Gasteiger partial charge in [-0.05, 0) is 12.8 Å². The van der Waals surface area contributed by atoms with E-state index in [0.29, 0.717) is 12.9 Å². The average Bonchev–Trinajstić information content (AvgIpc) is 2.52. The maximum absolute atomic E-state index is 10.8. The van der Waals surface area contributed by atoms with Crippen LogP contribution in [0.15, 0.2) is 0 Å². The second kappa shape index (κ2) is 11.5. The molecule has 0 amide bonds. The molecule has 128 valence electrons. The Morgan fingerprint density at radius 3 is 2.23 bits per heavy atom. The molecule has 1 heterocycles. The number of hydrogen-bond acceptors (Lipinski definition) is 5. The minimum atomic E-state index is -1.05. The van der Waals surface area contributed by atoms with Gasteiger partial charge >= 0.3 is 5.97 Å². The van der Waals surface area contributed by atoms with Crippen LogP contribution in [0.3, 0.4) is 0 Å². The highest BCUT2D eigenvalue weighted by Gasteiger charge is 2.42. The van der Waals surface area contributed by atoms with Gasteiger partial charge in [0.1, 0.15) is 12.2 Å². The minimum absolute atomic E-state index is 0.269. The summed E-state index contributed by atoms with van der Waals surface area (Å²) in [7, 11) is 0. The van der Waals surface area contributed by atoms with Gasteiger partial charge in [-0.15, -0.1) is 0 Å². The van der Waals surface area contributed by atoms with E-state index in [1.165, 1.54) is 44.9 Å². The molecule has 22 heavy (non-hydrogen) atoms. The van der Waals surface area contributed by atoms with Crippen LogP contribution in [0.25, 0.3) is 0 Å². The molecule has 1 aliphatic heterocycles. The van der Waals surface area contributed by atoms with E-state index < -0.39 is 18.2 Å². The van der Waals surface area contributed by atoms with Gasteiger partial charge < -0.3 is 14.6 Å². The van der Waals surface area contributed by atoms with Crippen molar-refractivity contribution in [1.29, 1.82) is 0 Å². The van der Waals surface area contributed by atoms with Crippen LogP contribution in [0.4, 0.5) is 0 Å². The Labute approximate surface area is 133 Å². The SMILES string of the molecule is CCCCCCCCCCC[C@@H](C[C@@H]1OC(=O)[C@H]1O)OC=O. The number of unbranched alkanes of at least 4 members (excludes halogenated alkanes) is 8. The van der Waals surface area contributed by atoms with E-state index in [2.05, 4.69) is 6.92 Å². The summed E-state index contributed by atoms with van der Waals surface area (Å²) in [6.07, 6.45) is 10.5. The summed E-state index contributed by atoms with van der Waals surface area (Å²) in [6.45, 7) is 2.66. The monoisotopic (exact) mass is 314 g/mol. The zero-order valence-corrected chi connectivity index (χ0v) is 13.7. The molecule has 1 N–H and O–H groups in total. The molecule has 5 heteroatoms. The lowest BCUT2D eigenvalue weighted by Gasteiger charge is -2.33. The van der Waals surface area contributed by atoms with Crippen molar-refractivity contribution in [2.45, 2.75) is 95.9 Å². The van der Waals surface area contributed by atoms with Gasteiger partial charge in [0, 0.05) is 6.42 Å². The van der Waals surface area contributed by atoms with E-state index in [1.807, 2.05) is 0 Å². The fraction of sp³-hybridized carbons (Fsp3) is 0.882. The molecule has 0 radical (unpaired) electrons. The van der Waals surface area contributed by atoms with Crippen molar-refractivity contribution in [3.8, 4) is 0 Å². The Hall–Kier alpha value is -1.10. The van der Waals surface area contributed by atoms with Crippen LogP contribution in [0.1, 0.15) is 77.6 Å². The third-order valence-electron chi connectivity index (χ3n) is 4.23. The molecule has 1 aliphatic rings. The molecular formula is C17H30O5. The summed E-state index contributed by atoms with van der Waals surface area (Å²) < 4.78 is 9.86. The fourth-order valence-electron chi connectivity index (χ4n) is 2.80. The third kappa shape index (κ3) is 7.25. The molecule has 0 aromatic carbocycles. The zero-order valence-electron chi connectivity index (χ0n) is 13.7. The molecule has 1 saturated heterocycles. The molecule has 0 bridgehead atoms. The number of rotatable bonds is 14. The molecule has 1 rings (SSSR count). The summed E-state index contributed by atoms with van der Waals surface area (Å²) in [6, 6.07) is 0.